The number of hydrogen-bond donors (Lipinski definition) is 0. The van der Waals surface area contributed by atoms with Crippen LogP contribution >= 0.6 is 0 Å². The van der Waals surface area contributed by atoms with Crippen molar-refractivity contribution in [2.45, 2.75) is 48.0 Å². The average Bonchev–Trinajstić information content (AvgIpc) is 1.95. The minimum absolute atomic E-state index is 0.364. The average molecular weight is 178 g/mol. The maximum absolute atomic E-state index is 2.46. The molecule has 0 saturated carbocycles. The van der Waals surface area contributed by atoms with Crippen molar-refractivity contribution < 1.29 is 0 Å². The second-order valence-electron chi connectivity index (χ2n) is 5.33. The van der Waals surface area contributed by atoms with Crippen molar-refractivity contribution in [2.24, 2.45) is 11.3 Å². The van der Waals surface area contributed by atoms with Gasteiger partial charge in [-0.25, -0.2) is 0 Å². The van der Waals surface area contributed by atoms with Gasteiger partial charge in [-0.05, 0) is 42.7 Å². The van der Waals surface area contributed by atoms with Crippen molar-refractivity contribution in [1.29, 1.82) is 0 Å². The first kappa shape index (κ1) is 10.6. The predicted octanol–water partition coefficient (Wildman–Crippen LogP) is 4.34. The lowest BCUT2D eigenvalue weighted by Crippen LogP contribution is -2.17. The molecule has 0 aromatic carbocycles. The van der Waals surface area contributed by atoms with Crippen molar-refractivity contribution in [2.75, 3.05) is 0 Å². The molecular weight excluding hydrogens is 156 g/mol. The van der Waals surface area contributed by atoms with Crippen molar-refractivity contribution in [3.8, 4) is 0 Å². The Bertz CT molecular complexity index is 262. The Morgan fingerprint density at radius 2 is 1.77 bits per heavy atom. The topological polar surface area (TPSA) is 0 Å². The van der Waals surface area contributed by atoms with Crippen molar-refractivity contribution in [3.05, 3.63) is 22.8 Å². The van der Waals surface area contributed by atoms with Crippen LogP contribution in [0.3, 0.4) is 0 Å². The van der Waals surface area contributed by atoms with Gasteiger partial charge in [0.1, 0.15) is 0 Å². The van der Waals surface area contributed by atoms with Crippen LogP contribution in [0.2, 0.25) is 0 Å². The Morgan fingerprint density at radius 1 is 1.23 bits per heavy atom. The minimum atomic E-state index is 0.364. The Hall–Kier alpha value is -0.520. The number of allylic oxidation sites excluding steroid dienone is 4. The van der Waals surface area contributed by atoms with Gasteiger partial charge in [0.25, 0.3) is 0 Å². The highest BCUT2D eigenvalue weighted by Gasteiger charge is 2.24. The predicted molar refractivity (Wildman–Crippen MR) is 59.7 cm³/mol. The van der Waals surface area contributed by atoms with E-state index in [1.807, 2.05) is 0 Å². The highest BCUT2D eigenvalue weighted by atomic mass is 14.3. The first-order chi connectivity index (χ1) is 5.83. The lowest BCUT2D eigenvalue weighted by atomic mass is 9.74. The first-order valence-electron chi connectivity index (χ1n) is 5.23. The molecule has 1 rings (SSSR count). The second-order valence-corrected chi connectivity index (χ2v) is 5.33. The molecule has 0 amide bonds. The first-order valence-corrected chi connectivity index (χ1v) is 5.23. The van der Waals surface area contributed by atoms with Crippen LogP contribution in [0, 0.1) is 11.3 Å². The van der Waals surface area contributed by atoms with E-state index >= 15 is 0 Å². The quantitative estimate of drug-likeness (QED) is 0.560. The van der Waals surface area contributed by atoms with Gasteiger partial charge < -0.3 is 0 Å². The molecule has 1 aliphatic rings. The fourth-order valence-corrected chi connectivity index (χ4v) is 2.24. The van der Waals surface area contributed by atoms with E-state index in [1.165, 1.54) is 12.0 Å². The molecule has 1 aliphatic carbocycles. The lowest BCUT2D eigenvalue weighted by molar-refractivity contribution is 0.455. The fourth-order valence-electron chi connectivity index (χ4n) is 2.24. The van der Waals surface area contributed by atoms with Crippen molar-refractivity contribution in [1.82, 2.24) is 0 Å². The van der Waals surface area contributed by atoms with Gasteiger partial charge in [-0.3, -0.25) is 0 Å². The molecule has 0 saturated heterocycles. The molecule has 0 heteroatoms. The summed E-state index contributed by atoms with van der Waals surface area (Å²) < 4.78 is 0. The van der Waals surface area contributed by atoms with E-state index in [2.05, 4.69) is 47.6 Å². The Kier molecular flexibility index (Phi) is 2.70. The van der Waals surface area contributed by atoms with Crippen LogP contribution < -0.4 is 0 Å². The molecule has 0 heterocycles. The Balaban J connectivity index is 3.09. The van der Waals surface area contributed by atoms with Crippen LogP contribution in [0.4, 0.5) is 0 Å². The summed E-state index contributed by atoms with van der Waals surface area (Å²) in [7, 11) is 0. The number of hydrogen-bond acceptors (Lipinski definition) is 0. The van der Waals surface area contributed by atoms with E-state index in [-0.39, 0.29) is 0 Å². The van der Waals surface area contributed by atoms with Gasteiger partial charge in [-0.1, -0.05) is 39.3 Å². The molecular formula is C13H22. The van der Waals surface area contributed by atoms with Crippen LogP contribution in [0.1, 0.15) is 48.0 Å². The van der Waals surface area contributed by atoms with Gasteiger partial charge in [0.05, 0.1) is 0 Å². The van der Waals surface area contributed by atoms with Crippen LogP contribution in [0.5, 0.6) is 0 Å². The maximum atomic E-state index is 2.46. The largest absolute Gasteiger partial charge is 0.0748 e. The molecule has 0 unspecified atom stereocenters. The second kappa shape index (κ2) is 3.32. The summed E-state index contributed by atoms with van der Waals surface area (Å²) in [6, 6.07) is 0. The molecule has 0 N–H and O–H groups in total. The summed E-state index contributed by atoms with van der Waals surface area (Å²) >= 11 is 0. The standard InChI is InChI=1S/C13H22/c1-9(2)12-8-13(5,6)7-10(3)11(12)4/h8-9H,7H2,1-6H3. The summed E-state index contributed by atoms with van der Waals surface area (Å²) in [5.74, 6) is 0.662. The molecule has 0 aromatic rings. The van der Waals surface area contributed by atoms with E-state index in [9.17, 15) is 0 Å². The van der Waals surface area contributed by atoms with Crippen LogP contribution in [-0.2, 0) is 0 Å². The van der Waals surface area contributed by atoms with Gasteiger partial charge in [-0.2, -0.15) is 0 Å². The summed E-state index contributed by atoms with van der Waals surface area (Å²) in [6.45, 7) is 13.7. The monoisotopic (exact) mass is 178 g/mol. The maximum Gasteiger partial charge on any atom is -0.0132 e. The third-order valence-electron chi connectivity index (χ3n) is 2.96. The van der Waals surface area contributed by atoms with Crippen LogP contribution in [-0.4, -0.2) is 0 Å². The molecule has 0 atom stereocenters. The molecule has 0 aromatic heterocycles. The molecule has 0 fully saturated rings. The summed E-state index contributed by atoms with van der Waals surface area (Å²) in [4.78, 5) is 0. The highest BCUT2D eigenvalue weighted by Crippen LogP contribution is 2.39. The van der Waals surface area contributed by atoms with Crippen molar-refractivity contribution >= 4 is 0 Å². The smallest absolute Gasteiger partial charge is 0.0132 e. The zero-order valence-corrected chi connectivity index (χ0v) is 9.86. The van der Waals surface area contributed by atoms with E-state index in [0.29, 0.717) is 11.3 Å². The Morgan fingerprint density at radius 3 is 2.23 bits per heavy atom. The molecule has 0 radical (unpaired) electrons. The molecule has 74 valence electrons. The third kappa shape index (κ3) is 2.24. The number of rotatable bonds is 1. The van der Waals surface area contributed by atoms with Gasteiger partial charge >= 0.3 is 0 Å². The summed E-state index contributed by atoms with van der Waals surface area (Å²) in [5, 5.41) is 0. The van der Waals surface area contributed by atoms with Gasteiger partial charge in [0.15, 0.2) is 0 Å². The minimum Gasteiger partial charge on any atom is -0.0748 e. The highest BCUT2D eigenvalue weighted by molar-refractivity contribution is 5.39. The van der Waals surface area contributed by atoms with Gasteiger partial charge in [-0.15, -0.1) is 0 Å². The van der Waals surface area contributed by atoms with E-state index < -0.39 is 0 Å². The molecule has 0 nitrogen and oxygen atoms in total. The van der Waals surface area contributed by atoms with E-state index in [0.717, 1.165) is 0 Å². The van der Waals surface area contributed by atoms with Crippen LogP contribution in [0.15, 0.2) is 22.8 Å². The van der Waals surface area contributed by atoms with E-state index in [4.69, 9.17) is 0 Å². The zero-order valence-electron chi connectivity index (χ0n) is 9.86. The molecule has 0 aliphatic heterocycles. The third-order valence-corrected chi connectivity index (χ3v) is 2.96. The van der Waals surface area contributed by atoms with Crippen molar-refractivity contribution in [3.63, 3.8) is 0 Å². The van der Waals surface area contributed by atoms with E-state index in [1.54, 1.807) is 11.1 Å². The summed E-state index contributed by atoms with van der Waals surface area (Å²) in [5.41, 5.74) is 5.00. The fraction of sp³-hybridized carbons (Fsp3) is 0.692. The Labute approximate surface area is 82.7 Å². The normalized spacial score (nSPS) is 22.2. The van der Waals surface area contributed by atoms with Gasteiger partial charge in [0.2, 0.25) is 0 Å². The molecule has 0 bridgehead atoms. The summed E-state index contributed by atoms with van der Waals surface area (Å²) in [6.07, 6.45) is 3.68. The molecule has 13 heavy (non-hydrogen) atoms. The molecule has 0 spiro atoms. The lowest BCUT2D eigenvalue weighted by Gasteiger charge is -2.31. The van der Waals surface area contributed by atoms with Gasteiger partial charge in [0, 0.05) is 0 Å². The SMILES string of the molecule is CC1=C(C)C(C(C)C)=CC(C)(C)C1. The van der Waals surface area contributed by atoms with Crippen LogP contribution in [0.25, 0.3) is 0 Å². The zero-order chi connectivity index (χ0) is 10.2.